The predicted molar refractivity (Wildman–Crippen MR) is 18.6 cm³/mol. The second kappa shape index (κ2) is 4.23. The van der Waals surface area contributed by atoms with Crippen LogP contribution in [0, 0.1) is 0 Å². The fraction of sp³-hybridized carbons (Fsp3) is 1.00. The monoisotopic (exact) mass is 94.0 g/mol. The normalized spacial score (nSPS) is 8.40. The van der Waals surface area contributed by atoms with Gasteiger partial charge in [-0.05, 0) is 0 Å². The second-order valence-corrected chi connectivity index (χ2v) is 0.492. The highest BCUT2D eigenvalue weighted by molar-refractivity contribution is 7.52. The van der Waals surface area contributed by atoms with Gasteiger partial charge < -0.3 is 17.2 Å². The average Bonchev–Trinajstić information content (AvgIpc) is 1.41. The molecule has 0 spiro atoms. The summed E-state index contributed by atoms with van der Waals surface area (Å²) in [6, 6.07) is 0. The van der Waals surface area contributed by atoms with Gasteiger partial charge in [0.05, 0.1) is 0 Å². The SMILES string of the molecule is CNOO[S-]. The van der Waals surface area contributed by atoms with E-state index in [4.69, 9.17) is 0 Å². The molecule has 4 heteroatoms. The predicted octanol–water partition coefficient (Wildman–Crippen LogP) is -0.469. The first-order valence-electron chi connectivity index (χ1n) is 1.04. The fourth-order valence-corrected chi connectivity index (χ4v) is 0.102. The van der Waals surface area contributed by atoms with Gasteiger partial charge >= 0.3 is 0 Å². The van der Waals surface area contributed by atoms with Crippen LogP contribution in [-0.4, -0.2) is 7.05 Å². The summed E-state index contributed by atoms with van der Waals surface area (Å²) in [6.07, 6.45) is 0. The van der Waals surface area contributed by atoms with Gasteiger partial charge in [0.15, 0.2) is 0 Å². The van der Waals surface area contributed by atoms with E-state index in [1.54, 1.807) is 7.05 Å². The Hall–Kier alpha value is 0.230. The Morgan fingerprint density at radius 1 is 1.80 bits per heavy atom. The molecule has 0 aliphatic heterocycles. The van der Waals surface area contributed by atoms with E-state index >= 15 is 0 Å². The van der Waals surface area contributed by atoms with E-state index in [1.165, 1.54) is 0 Å². The van der Waals surface area contributed by atoms with Crippen molar-refractivity contribution in [3.05, 3.63) is 0 Å². The van der Waals surface area contributed by atoms with Gasteiger partial charge in [-0.15, -0.1) is 0 Å². The van der Waals surface area contributed by atoms with E-state index in [-0.39, 0.29) is 0 Å². The molecule has 0 unspecified atom stereocenters. The third-order valence-corrected chi connectivity index (χ3v) is 0.185. The zero-order valence-electron chi connectivity index (χ0n) is 2.72. The van der Waals surface area contributed by atoms with Crippen LogP contribution in [0.3, 0.4) is 0 Å². The lowest BCUT2D eigenvalue weighted by atomic mass is 11.6. The van der Waals surface area contributed by atoms with Crippen LogP contribution in [0.15, 0.2) is 0 Å². The maximum absolute atomic E-state index is 3.90. The molecule has 0 aliphatic carbocycles. The Bertz CT molecular complexity index is 17.1. The number of hydrogen-bond acceptors (Lipinski definition) is 4. The standard InChI is InChI=1S/CH5NO2S/c1-2-3-4-5/h2,5H,1H3/p-1. The van der Waals surface area contributed by atoms with Crippen LogP contribution in [0.25, 0.3) is 0 Å². The van der Waals surface area contributed by atoms with Crippen LogP contribution < -0.4 is 5.48 Å². The number of hydroxylamine groups is 1. The van der Waals surface area contributed by atoms with Crippen LogP contribution in [0.2, 0.25) is 0 Å². The molecular weight excluding hydrogens is 90.1 g/mol. The van der Waals surface area contributed by atoms with Crippen molar-refractivity contribution >= 4 is 12.9 Å². The zero-order chi connectivity index (χ0) is 4.12. The third-order valence-electron chi connectivity index (χ3n) is 0.117. The van der Waals surface area contributed by atoms with E-state index < -0.39 is 0 Å². The summed E-state index contributed by atoms with van der Waals surface area (Å²) in [5.74, 6) is 0. The topological polar surface area (TPSA) is 30.5 Å². The molecule has 0 bridgehead atoms. The van der Waals surface area contributed by atoms with E-state index in [1.807, 2.05) is 0 Å². The molecular formula is CH4NO2S-. The van der Waals surface area contributed by atoms with Gasteiger partial charge in [-0.3, -0.25) is 0 Å². The van der Waals surface area contributed by atoms with Gasteiger partial charge in [0.1, 0.15) is 0 Å². The Morgan fingerprint density at radius 2 is 2.40 bits per heavy atom. The largest absolute Gasteiger partial charge is 0.580 e. The van der Waals surface area contributed by atoms with Crippen molar-refractivity contribution in [1.29, 1.82) is 0 Å². The van der Waals surface area contributed by atoms with Gasteiger partial charge in [-0.1, -0.05) is 0 Å². The van der Waals surface area contributed by atoms with Crippen molar-refractivity contribution < 1.29 is 9.32 Å². The minimum absolute atomic E-state index is 1.55. The van der Waals surface area contributed by atoms with E-state index in [9.17, 15) is 0 Å². The second-order valence-electron chi connectivity index (χ2n) is 0.355. The summed E-state index contributed by atoms with van der Waals surface area (Å²) < 4.78 is 3.66. The number of rotatable bonds is 2. The minimum atomic E-state index is 1.55. The summed E-state index contributed by atoms with van der Waals surface area (Å²) in [6.45, 7) is 0. The van der Waals surface area contributed by atoms with Crippen molar-refractivity contribution in [3.63, 3.8) is 0 Å². The van der Waals surface area contributed by atoms with Gasteiger partial charge in [-0.2, -0.15) is 10.5 Å². The first-order chi connectivity index (χ1) is 2.41. The van der Waals surface area contributed by atoms with Crippen molar-refractivity contribution in [2.45, 2.75) is 0 Å². The van der Waals surface area contributed by atoms with Crippen LogP contribution in [0.1, 0.15) is 0 Å². The zero-order valence-corrected chi connectivity index (χ0v) is 3.54. The molecule has 0 saturated heterocycles. The molecule has 5 heavy (non-hydrogen) atoms. The van der Waals surface area contributed by atoms with Crippen LogP contribution >= 0.6 is 0 Å². The summed E-state index contributed by atoms with van der Waals surface area (Å²) >= 11 is 3.87. The smallest absolute Gasteiger partial charge is 0.0125 e. The van der Waals surface area contributed by atoms with E-state index in [0.717, 1.165) is 0 Å². The molecule has 0 aromatic rings. The molecule has 3 nitrogen and oxygen atoms in total. The summed E-state index contributed by atoms with van der Waals surface area (Å²) in [7, 11) is 1.55. The van der Waals surface area contributed by atoms with Gasteiger partial charge in [0.25, 0.3) is 0 Å². The molecule has 0 radical (unpaired) electrons. The van der Waals surface area contributed by atoms with Crippen LogP contribution in [0.5, 0.6) is 0 Å². The molecule has 0 aromatic carbocycles. The molecule has 0 aromatic heterocycles. The van der Waals surface area contributed by atoms with Gasteiger partial charge in [0.2, 0.25) is 0 Å². The first kappa shape index (κ1) is 5.23. The molecule has 0 saturated carbocycles. The highest BCUT2D eigenvalue weighted by atomic mass is 32.1. The lowest BCUT2D eigenvalue weighted by Crippen LogP contribution is -2.03. The quantitative estimate of drug-likeness (QED) is 0.285. The Labute approximate surface area is 35.8 Å². The minimum Gasteiger partial charge on any atom is -0.580 e. The van der Waals surface area contributed by atoms with Crippen LogP contribution in [0.4, 0.5) is 0 Å². The Kier molecular flexibility index (Phi) is 4.42. The number of nitrogens with one attached hydrogen (secondary N) is 1. The van der Waals surface area contributed by atoms with Crippen molar-refractivity contribution in [1.82, 2.24) is 5.48 Å². The maximum Gasteiger partial charge on any atom is 0.0125 e. The molecule has 0 fully saturated rings. The Morgan fingerprint density at radius 3 is 2.40 bits per heavy atom. The molecule has 0 amide bonds. The maximum atomic E-state index is 3.90. The molecule has 0 atom stereocenters. The molecule has 0 heterocycles. The highest BCUT2D eigenvalue weighted by Crippen LogP contribution is 1.55. The van der Waals surface area contributed by atoms with Gasteiger partial charge in [0, 0.05) is 7.05 Å². The third kappa shape index (κ3) is 4.23. The summed E-state index contributed by atoms with van der Waals surface area (Å²) in [5, 5.41) is 0. The molecule has 0 aliphatic rings. The first-order valence-corrected chi connectivity index (χ1v) is 1.37. The highest BCUT2D eigenvalue weighted by Gasteiger charge is 1.52. The van der Waals surface area contributed by atoms with Crippen molar-refractivity contribution in [2.75, 3.05) is 7.05 Å². The molecule has 0 rings (SSSR count). The lowest BCUT2D eigenvalue weighted by Gasteiger charge is -2.00. The van der Waals surface area contributed by atoms with Crippen LogP contribution in [-0.2, 0) is 22.2 Å². The fourth-order valence-electron chi connectivity index (χ4n) is 0.0340. The van der Waals surface area contributed by atoms with Crippen molar-refractivity contribution in [3.8, 4) is 0 Å². The Balaban J connectivity index is 2.19. The lowest BCUT2D eigenvalue weighted by molar-refractivity contribution is -0.236. The molecule has 32 valence electrons. The van der Waals surface area contributed by atoms with E-state index in [0.29, 0.717) is 0 Å². The van der Waals surface area contributed by atoms with Crippen molar-refractivity contribution in [2.24, 2.45) is 0 Å². The van der Waals surface area contributed by atoms with E-state index in [2.05, 4.69) is 27.7 Å². The summed E-state index contributed by atoms with van der Waals surface area (Å²) in [4.78, 5) is 3.90. The average molecular weight is 94.1 g/mol. The summed E-state index contributed by atoms with van der Waals surface area (Å²) in [5.41, 5.74) is 2.19. The molecule has 1 N–H and O–H groups in total. The number of hydrogen-bond donors (Lipinski definition) is 1. The van der Waals surface area contributed by atoms with Gasteiger partial charge in [-0.25, -0.2) is 0 Å².